The summed E-state index contributed by atoms with van der Waals surface area (Å²) in [5.74, 6) is 2.72. The maximum atomic E-state index is 12.9. The van der Waals surface area contributed by atoms with Gasteiger partial charge >= 0.3 is 0 Å². The second-order valence-corrected chi connectivity index (χ2v) is 9.18. The van der Waals surface area contributed by atoms with Gasteiger partial charge in [0.1, 0.15) is 5.75 Å². The number of carbonyl (C=O) groups is 1. The van der Waals surface area contributed by atoms with Crippen molar-refractivity contribution in [1.29, 1.82) is 0 Å². The summed E-state index contributed by atoms with van der Waals surface area (Å²) in [5.41, 5.74) is 2.33. The van der Waals surface area contributed by atoms with Gasteiger partial charge in [0.05, 0.1) is 12.9 Å². The number of carbonyl (C=O) groups excluding carboxylic acids is 1. The van der Waals surface area contributed by atoms with Crippen molar-refractivity contribution in [3.8, 4) is 17.1 Å². The minimum atomic E-state index is 0.164. The molecule has 1 fully saturated rings. The molecule has 2 heterocycles. The minimum absolute atomic E-state index is 0.164. The largest absolute Gasteiger partial charge is 0.497 e. The zero-order valence-corrected chi connectivity index (χ0v) is 19.8. The fraction of sp³-hybridized carbons (Fsp3) is 0.346. The maximum absolute atomic E-state index is 12.9. The highest BCUT2D eigenvalue weighted by molar-refractivity contribution is 7.99. The first-order chi connectivity index (χ1) is 16.2. The van der Waals surface area contributed by atoms with Crippen molar-refractivity contribution in [3.63, 3.8) is 0 Å². The minimum Gasteiger partial charge on any atom is -0.497 e. The number of likely N-dealkylation sites (tertiary alicyclic amines) is 1. The average Bonchev–Trinajstić information content (AvgIpc) is 3.26. The average molecular weight is 463 g/mol. The second-order valence-electron chi connectivity index (χ2n) is 8.24. The number of aromatic nitrogens is 3. The summed E-state index contributed by atoms with van der Waals surface area (Å²) < 4.78 is 7.24. The molecular formula is C26H30N4O2S. The third kappa shape index (κ3) is 5.85. The number of nitrogens with zero attached hydrogens (tertiary/aromatic N) is 4. The van der Waals surface area contributed by atoms with Crippen molar-refractivity contribution in [3.05, 3.63) is 72.8 Å². The van der Waals surface area contributed by atoms with Gasteiger partial charge in [-0.2, -0.15) is 0 Å². The molecule has 1 amide bonds. The van der Waals surface area contributed by atoms with E-state index in [1.54, 1.807) is 7.11 Å². The van der Waals surface area contributed by atoms with E-state index in [2.05, 4.69) is 47.1 Å². The Kier molecular flexibility index (Phi) is 7.83. The summed E-state index contributed by atoms with van der Waals surface area (Å²) in [5, 5.41) is 9.46. The van der Waals surface area contributed by atoms with Crippen molar-refractivity contribution in [2.24, 2.45) is 5.92 Å². The zero-order valence-electron chi connectivity index (χ0n) is 19.0. The first-order valence-corrected chi connectivity index (χ1v) is 12.3. The standard InChI is InChI=1S/C26H30N4O2S/c1-3-15-30-25(22-9-11-23(32-2)12-10-22)27-28-26(30)33-19-24(31)29-16-13-21(14-17-29)18-20-7-5-4-6-8-20/h3-12,21H,1,13-19H2,2H3. The van der Waals surface area contributed by atoms with Crippen LogP contribution in [0.2, 0.25) is 0 Å². The molecule has 172 valence electrons. The molecule has 3 aromatic rings. The number of hydrogen-bond donors (Lipinski definition) is 0. The Balaban J connectivity index is 1.33. The van der Waals surface area contributed by atoms with Gasteiger partial charge in [-0.3, -0.25) is 9.36 Å². The molecule has 1 saturated heterocycles. The van der Waals surface area contributed by atoms with Crippen LogP contribution in [0.25, 0.3) is 11.4 Å². The fourth-order valence-electron chi connectivity index (χ4n) is 4.19. The predicted molar refractivity (Wildman–Crippen MR) is 132 cm³/mol. The summed E-state index contributed by atoms with van der Waals surface area (Å²) in [6, 6.07) is 18.3. The van der Waals surface area contributed by atoms with Crippen LogP contribution in [-0.4, -0.2) is 51.5 Å². The molecule has 6 nitrogen and oxygen atoms in total. The lowest BCUT2D eigenvalue weighted by Gasteiger charge is -2.32. The smallest absolute Gasteiger partial charge is 0.233 e. The van der Waals surface area contributed by atoms with Gasteiger partial charge in [-0.15, -0.1) is 16.8 Å². The van der Waals surface area contributed by atoms with Gasteiger partial charge in [0.2, 0.25) is 5.91 Å². The highest BCUT2D eigenvalue weighted by Crippen LogP contribution is 2.27. The normalized spacial score (nSPS) is 14.3. The quantitative estimate of drug-likeness (QED) is 0.340. The van der Waals surface area contributed by atoms with Gasteiger partial charge in [0.15, 0.2) is 11.0 Å². The maximum Gasteiger partial charge on any atom is 0.233 e. The number of hydrogen-bond acceptors (Lipinski definition) is 5. The van der Waals surface area contributed by atoms with E-state index in [0.29, 0.717) is 18.2 Å². The molecule has 2 aromatic carbocycles. The van der Waals surface area contributed by atoms with Gasteiger partial charge in [0.25, 0.3) is 0 Å². The number of piperidine rings is 1. The first-order valence-electron chi connectivity index (χ1n) is 11.3. The van der Waals surface area contributed by atoms with E-state index in [1.807, 2.05) is 39.8 Å². The Morgan fingerprint density at radius 2 is 1.85 bits per heavy atom. The molecule has 1 aromatic heterocycles. The van der Waals surface area contributed by atoms with Crippen molar-refractivity contribution >= 4 is 17.7 Å². The summed E-state index contributed by atoms with van der Waals surface area (Å²) in [6.45, 7) is 6.10. The molecule has 0 unspecified atom stereocenters. The van der Waals surface area contributed by atoms with Gasteiger partial charge in [-0.1, -0.05) is 48.2 Å². The van der Waals surface area contributed by atoms with Crippen LogP contribution in [0.1, 0.15) is 18.4 Å². The molecule has 0 aliphatic carbocycles. The van der Waals surface area contributed by atoms with E-state index in [4.69, 9.17) is 4.74 Å². The Labute approximate surface area is 199 Å². The van der Waals surface area contributed by atoms with Gasteiger partial charge in [-0.25, -0.2) is 0 Å². The van der Waals surface area contributed by atoms with E-state index in [9.17, 15) is 4.79 Å². The lowest BCUT2D eigenvalue weighted by Crippen LogP contribution is -2.39. The van der Waals surface area contributed by atoms with E-state index in [0.717, 1.165) is 54.6 Å². The molecule has 0 radical (unpaired) electrons. The molecule has 0 saturated carbocycles. The number of amides is 1. The van der Waals surface area contributed by atoms with Crippen LogP contribution in [0.4, 0.5) is 0 Å². The van der Waals surface area contributed by atoms with Crippen molar-refractivity contribution in [2.75, 3.05) is 26.0 Å². The van der Waals surface area contributed by atoms with Crippen LogP contribution >= 0.6 is 11.8 Å². The van der Waals surface area contributed by atoms with Crippen molar-refractivity contribution < 1.29 is 9.53 Å². The van der Waals surface area contributed by atoms with Crippen LogP contribution in [-0.2, 0) is 17.8 Å². The third-order valence-corrected chi connectivity index (χ3v) is 6.99. The molecule has 0 atom stereocenters. The summed E-state index contributed by atoms with van der Waals surface area (Å²) >= 11 is 1.44. The predicted octanol–water partition coefficient (Wildman–Crippen LogP) is 4.71. The number of allylic oxidation sites excluding steroid dienone is 1. The molecule has 0 bridgehead atoms. The molecule has 1 aliphatic heterocycles. The SMILES string of the molecule is C=CCn1c(SCC(=O)N2CCC(Cc3ccccc3)CC2)nnc1-c1ccc(OC)cc1. The summed E-state index contributed by atoms with van der Waals surface area (Å²) in [7, 11) is 1.65. The lowest BCUT2D eigenvalue weighted by atomic mass is 9.90. The Hall–Kier alpha value is -3.06. The summed E-state index contributed by atoms with van der Waals surface area (Å²) in [6.07, 6.45) is 5.02. The van der Waals surface area contributed by atoms with E-state index < -0.39 is 0 Å². The number of methoxy groups -OCH3 is 1. The van der Waals surface area contributed by atoms with Crippen LogP contribution in [0.5, 0.6) is 5.75 Å². The van der Waals surface area contributed by atoms with E-state index >= 15 is 0 Å². The number of benzene rings is 2. The lowest BCUT2D eigenvalue weighted by molar-refractivity contribution is -0.129. The molecule has 1 aliphatic rings. The van der Waals surface area contributed by atoms with E-state index in [-0.39, 0.29) is 5.91 Å². The molecule has 0 spiro atoms. The van der Waals surface area contributed by atoms with Gasteiger partial charge in [0, 0.05) is 25.2 Å². The molecule has 0 N–H and O–H groups in total. The Bertz CT molecular complexity index is 1060. The monoisotopic (exact) mass is 462 g/mol. The van der Waals surface area contributed by atoms with Crippen LogP contribution < -0.4 is 4.74 Å². The van der Waals surface area contributed by atoms with Crippen LogP contribution in [0.15, 0.2) is 72.4 Å². The number of rotatable bonds is 9. The highest BCUT2D eigenvalue weighted by Gasteiger charge is 2.24. The van der Waals surface area contributed by atoms with Gasteiger partial charge < -0.3 is 9.64 Å². The van der Waals surface area contributed by atoms with E-state index in [1.165, 1.54) is 17.3 Å². The molecule has 33 heavy (non-hydrogen) atoms. The fourth-order valence-corrected chi connectivity index (χ4v) is 5.04. The first kappa shape index (κ1) is 23.1. The molecular weight excluding hydrogens is 432 g/mol. The Morgan fingerprint density at radius 1 is 1.12 bits per heavy atom. The number of ether oxygens (including phenoxy) is 1. The van der Waals surface area contributed by atoms with Crippen molar-refractivity contribution in [1.82, 2.24) is 19.7 Å². The van der Waals surface area contributed by atoms with Crippen LogP contribution in [0.3, 0.4) is 0 Å². The second kappa shape index (κ2) is 11.2. The summed E-state index contributed by atoms with van der Waals surface area (Å²) in [4.78, 5) is 14.9. The zero-order chi connectivity index (χ0) is 23.0. The number of thioether (sulfide) groups is 1. The third-order valence-electron chi connectivity index (χ3n) is 6.04. The topological polar surface area (TPSA) is 60.2 Å². The Morgan fingerprint density at radius 3 is 2.52 bits per heavy atom. The van der Waals surface area contributed by atoms with Gasteiger partial charge in [-0.05, 0) is 55.0 Å². The molecule has 4 rings (SSSR count). The molecule has 7 heteroatoms. The highest BCUT2D eigenvalue weighted by atomic mass is 32.2. The van der Waals surface area contributed by atoms with Crippen LogP contribution in [0, 0.1) is 5.92 Å². The van der Waals surface area contributed by atoms with Crippen molar-refractivity contribution in [2.45, 2.75) is 31.0 Å².